The summed E-state index contributed by atoms with van der Waals surface area (Å²) in [5, 5.41) is 3.05. The number of hydrogen-bond acceptors (Lipinski definition) is 4. The van der Waals surface area contributed by atoms with Crippen LogP contribution in [-0.4, -0.2) is 66.8 Å². The number of nitrogens with zero attached hydrogens (tertiary/aromatic N) is 3. The molecular formula is C31H40N4O3. The number of rotatable bonds is 7. The Kier molecular flexibility index (Phi) is 8.30. The molecule has 2 heterocycles. The first-order valence-electron chi connectivity index (χ1n) is 14.4. The van der Waals surface area contributed by atoms with E-state index in [4.69, 9.17) is 0 Å². The molecule has 1 aliphatic carbocycles. The molecule has 1 N–H and O–H groups in total. The summed E-state index contributed by atoms with van der Waals surface area (Å²) >= 11 is 0. The Hall–Kier alpha value is -3.35. The summed E-state index contributed by atoms with van der Waals surface area (Å²) in [6.45, 7) is 6.21. The molecule has 0 bridgehead atoms. The third-order valence-electron chi connectivity index (χ3n) is 8.45. The Bertz CT molecular complexity index is 1130. The van der Waals surface area contributed by atoms with Gasteiger partial charge in [0.1, 0.15) is 0 Å². The van der Waals surface area contributed by atoms with E-state index in [2.05, 4.69) is 17.1 Å². The molecular weight excluding hydrogens is 476 g/mol. The topological polar surface area (TPSA) is 73.0 Å². The van der Waals surface area contributed by atoms with Gasteiger partial charge in [0.25, 0.3) is 5.91 Å². The molecule has 2 saturated heterocycles. The molecule has 5 rings (SSSR count). The van der Waals surface area contributed by atoms with Gasteiger partial charge >= 0.3 is 0 Å². The lowest BCUT2D eigenvalue weighted by Gasteiger charge is -2.39. The number of piperazine rings is 1. The molecule has 0 aromatic heterocycles. The Morgan fingerprint density at radius 1 is 0.842 bits per heavy atom. The van der Waals surface area contributed by atoms with Crippen LogP contribution in [0.4, 0.5) is 11.4 Å². The van der Waals surface area contributed by atoms with E-state index in [1.54, 1.807) is 0 Å². The number of carbonyl (C=O) groups is 3. The third-order valence-corrected chi connectivity index (χ3v) is 8.45. The van der Waals surface area contributed by atoms with Crippen molar-refractivity contribution in [3.63, 3.8) is 0 Å². The first-order chi connectivity index (χ1) is 18.5. The summed E-state index contributed by atoms with van der Waals surface area (Å²) in [5.41, 5.74) is 3.29. The van der Waals surface area contributed by atoms with E-state index in [0.717, 1.165) is 69.3 Å². The fraction of sp³-hybridized carbons (Fsp3) is 0.516. The summed E-state index contributed by atoms with van der Waals surface area (Å²) < 4.78 is 0. The highest BCUT2D eigenvalue weighted by Gasteiger charge is 2.30. The number of anilines is 2. The molecule has 7 nitrogen and oxygen atoms in total. The standard InChI is InChI=1S/C31H40N4O3/c1-2-26(23-10-5-3-6-11-23)30(37)35-20-18-33(19-21-35)28-15-14-25(32-29(36)24-12-9-13-24)22-27(28)31(38)34-16-7-4-8-17-34/h3,5-6,10-11,14-15,22,24,26H,2,4,7-9,12-13,16-21H2,1H3,(H,32,36)/t26-/m0/s1. The normalized spacial score (nSPS) is 19.0. The summed E-state index contributed by atoms with van der Waals surface area (Å²) in [6, 6.07) is 15.8. The van der Waals surface area contributed by atoms with Crippen LogP contribution in [0.15, 0.2) is 48.5 Å². The van der Waals surface area contributed by atoms with Crippen LogP contribution in [0.5, 0.6) is 0 Å². The Balaban J connectivity index is 1.31. The maximum Gasteiger partial charge on any atom is 0.256 e. The highest BCUT2D eigenvalue weighted by atomic mass is 16.2. The number of nitrogens with one attached hydrogen (secondary N) is 1. The molecule has 3 amide bonds. The zero-order valence-electron chi connectivity index (χ0n) is 22.5. The zero-order chi connectivity index (χ0) is 26.5. The summed E-state index contributed by atoms with van der Waals surface area (Å²) in [7, 11) is 0. The van der Waals surface area contributed by atoms with Crippen molar-refractivity contribution in [1.29, 1.82) is 0 Å². The van der Waals surface area contributed by atoms with Crippen molar-refractivity contribution < 1.29 is 14.4 Å². The van der Waals surface area contributed by atoms with Gasteiger partial charge in [-0.1, -0.05) is 43.7 Å². The van der Waals surface area contributed by atoms with Crippen LogP contribution in [0.25, 0.3) is 0 Å². The van der Waals surface area contributed by atoms with Crippen molar-refractivity contribution in [2.45, 2.75) is 57.8 Å². The van der Waals surface area contributed by atoms with Crippen molar-refractivity contribution in [2.24, 2.45) is 5.92 Å². The Morgan fingerprint density at radius 3 is 2.18 bits per heavy atom. The highest BCUT2D eigenvalue weighted by Crippen LogP contribution is 2.31. The molecule has 2 aromatic carbocycles. The van der Waals surface area contributed by atoms with Gasteiger partial charge in [0, 0.05) is 56.6 Å². The van der Waals surface area contributed by atoms with Crippen LogP contribution >= 0.6 is 0 Å². The minimum Gasteiger partial charge on any atom is -0.367 e. The molecule has 0 radical (unpaired) electrons. The minimum absolute atomic E-state index is 0.0353. The fourth-order valence-corrected chi connectivity index (χ4v) is 5.87. The van der Waals surface area contributed by atoms with Gasteiger partial charge in [0.15, 0.2) is 0 Å². The lowest BCUT2D eigenvalue weighted by molar-refractivity contribution is -0.133. The third kappa shape index (κ3) is 5.71. The maximum atomic E-state index is 13.7. The number of amides is 3. The first-order valence-corrected chi connectivity index (χ1v) is 14.4. The molecule has 7 heteroatoms. The Morgan fingerprint density at radius 2 is 1.55 bits per heavy atom. The number of hydrogen-bond donors (Lipinski definition) is 1. The van der Waals surface area contributed by atoms with Crippen molar-refractivity contribution in [3.8, 4) is 0 Å². The molecule has 3 fully saturated rings. The van der Waals surface area contributed by atoms with E-state index in [9.17, 15) is 14.4 Å². The molecule has 202 valence electrons. The van der Waals surface area contributed by atoms with E-state index in [1.807, 2.05) is 58.3 Å². The van der Waals surface area contributed by atoms with Gasteiger partial charge in [-0.25, -0.2) is 0 Å². The van der Waals surface area contributed by atoms with Crippen LogP contribution in [0.1, 0.15) is 73.7 Å². The largest absolute Gasteiger partial charge is 0.367 e. The smallest absolute Gasteiger partial charge is 0.256 e. The molecule has 1 saturated carbocycles. The number of benzene rings is 2. The quantitative estimate of drug-likeness (QED) is 0.569. The lowest BCUT2D eigenvalue weighted by atomic mass is 9.85. The lowest BCUT2D eigenvalue weighted by Crippen LogP contribution is -2.50. The minimum atomic E-state index is -0.127. The molecule has 1 atom stereocenters. The van der Waals surface area contributed by atoms with Crippen molar-refractivity contribution in [1.82, 2.24) is 9.80 Å². The molecule has 2 aliphatic heterocycles. The zero-order valence-corrected chi connectivity index (χ0v) is 22.5. The van der Waals surface area contributed by atoms with Crippen LogP contribution in [-0.2, 0) is 9.59 Å². The predicted octanol–water partition coefficient (Wildman–Crippen LogP) is 4.89. The maximum absolute atomic E-state index is 13.7. The van der Waals surface area contributed by atoms with Gasteiger partial charge in [0.05, 0.1) is 11.5 Å². The van der Waals surface area contributed by atoms with Gasteiger partial charge < -0.3 is 20.0 Å². The summed E-state index contributed by atoms with van der Waals surface area (Å²) in [6.07, 6.45) is 6.97. The monoisotopic (exact) mass is 516 g/mol. The second-order valence-corrected chi connectivity index (χ2v) is 10.9. The number of likely N-dealkylation sites (tertiary alicyclic amines) is 1. The van der Waals surface area contributed by atoms with E-state index in [-0.39, 0.29) is 29.6 Å². The van der Waals surface area contributed by atoms with Crippen LogP contribution < -0.4 is 10.2 Å². The van der Waals surface area contributed by atoms with Gasteiger partial charge in [0.2, 0.25) is 11.8 Å². The first kappa shape index (κ1) is 26.3. The number of piperidine rings is 1. The summed E-state index contributed by atoms with van der Waals surface area (Å²) in [4.78, 5) is 45.8. The van der Waals surface area contributed by atoms with Gasteiger partial charge in [-0.05, 0) is 62.3 Å². The van der Waals surface area contributed by atoms with Crippen molar-refractivity contribution in [2.75, 3.05) is 49.5 Å². The number of carbonyl (C=O) groups excluding carboxylic acids is 3. The van der Waals surface area contributed by atoms with Gasteiger partial charge in [-0.3, -0.25) is 14.4 Å². The SMILES string of the molecule is CC[C@H](C(=O)N1CCN(c2ccc(NC(=O)C3CCC3)cc2C(=O)N2CCCCC2)CC1)c1ccccc1. The fourth-order valence-electron chi connectivity index (χ4n) is 5.87. The highest BCUT2D eigenvalue weighted by molar-refractivity contribution is 6.02. The molecule has 0 unspecified atom stereocenters. The van der Waals surface area contributed by atoms with Crippen molar-refractivity contribution in [3.05, 3.63) is 59.7 Å². The van der Waals surface area contributed by atoms with Crippen LogP contribution in [0, 0.1) is 5.92 Å². The average molecular weight is 517 g/mol. The van der Waals surface area contributed by atoms with E-state index < -0.39 is 0 Å². The molecule has 3 aliphatic rings. The molecule has 38 heavy (non-hydrogen) atoms. The van der Waals surface area contributed by atoms with Crippen LogP contribution in [0.3, 0.4) is 0 Å². The van der Waals surface area contributed by atoms with Crippen molar-refractivity contribution >= 4 is 29.1 Å². The summed E-state index contributed by atoms with van der Waals surface area (Å²) in [5.74, 6) is 0.225. The van der Waals surface area contributed by atoms with Gasteiger partial charge in [-0.15, -0.1) is 0 Å². The second-order valence-electron chi connectivity index (χ2n) is 10.9. The van der Waals surface area contributed by atoms with E-state index in [0.29, 0.717) is 37.4 Å². The van der Waals surface area contributed by atoms with Crippen LogP contribution in [0.2, 0.25) is 0 Å². The second kappa shape index (κ2) is 12.0. The average Bonchev–Trinajstić information content (AvgIpc) is 2.93. The van der Waals surface area contributed by atoms with E-state index in [1.165, 1.54) is 0 Å². The van der Waals surface area contributed by atoms with Gasteiger partial charge in [-0.2, -0.15) is 0 Å². The Labute approximate surface area is 226 Å². The molecule has 0 spiro atoms. The predicted molar refractivity (Wildman–Crippen MR) is 150 cm³/mol. The molecule has 2 aromatic rings. The van der Waals surface area contributed by atoms with E-state index >= 15 is 0 Å².